The normalized spacial score (nSPS) is 13.3. The first kappa shape index (κ1) is 26.4. The molecule has 3 rings (SSSR count). The quantitative estimate of drug-likeness (QED) is 0.393. The molecule has 34 heavy (non-hydrogen) atoms. The molecular formula is C27H42N4O3. The molecule has 0 aliphatic carbocycles. The Kier molecular flexibility index (Phi) is 7.90. The van der Waals surface area contributed by atoms with Crippen molar-refractivity contribution in [3.05, 3.63) is 30.1 Å². The van der Waals surface area contributed by atoms with Crippen LogP contribution < -0.4 is 5.73 Å². The van der Waals surface area contributed by atoms with E-state index in [9.17, 15) is 0 Å². The number of pyridine rings is 1. The standard InChI is InChI=1S/C27H42N4O3/c1-9-32-14-21-30-22-23(19-12-10-11-13-20(19)29-24(22)28)31(21)15-27(7,8)34-18-26(5,6)17-33-16-25(2,3)4/h10-13H,9,14-18H2,1-8H3,(H2,28,29). The largest absolute Gasteiger partial charge is 0.382 e. The minimum atomic E-state index is -0.449. The molecule has 0 atom stereocenters. The van der Waals surface area contributed by atoms with Crippen molar-refractivity contribution in [1.82, 2.24) is 14.5 Å². The molecule has 7 nitrogen and oxygen atoms in total. The van der Waals surface area contributed by atoms with Crippen LogP contribution in [0.5, 0.6) is 0 Å². The van der Waals surface area contributed by atoms with Gasteiger partial charge in [-0.15, -0.1) is 0 Å². The predicted molar refractivity (Wildman–Crippen MR) is 139 cm³/mol. The first-order valence-corrected chi connectivity index (χ1v) is 12.1. The van der Waals surface area contributed by atoms with E-state index in [0.29, 0.717) is 44.3 Å². The van der Waals surface area contributed by atoms with Gasteiger partial charge in [-0.25, -0.2) is 9.97 Å². The van der Waals surface area contributed by atoms with Gasteiger partial charge in [0.25, 0.3) is 0 Å². The second kappa shape index (κ2) is 10.2. The molecule has 3 aromatic rings. The lowest BCUT2D eigenvalue weighted by atomic mass is 9.94. The van der Waals surface area contributed by atoms with Crippen molar-refractivity contribution in [2.75, 3.05) is 32.2 Å². The van der Waals surface area contributed by atoms with E-state index in [-0.39, 0.29) is 10.8 Å². The van der Waals surface area contributed by atoms with Crippen LogP contribution in [0.25, 0.3) is 21.9 Å². The Hall–Kier alpha value is -2.22. The molecule has 0 radical (unpaired) electrons. The van der Waals surface area contributed by atoms with Crippen molar-refractivity contribution < 1.29 is 14.2 Å². The molecule has 2 heterocycles. The maximum absolute atomic E-state index is 6.48. The van der Waals surface area contributed by atoms with Gasteiger partial charge in [-0.05, 0) is 32.3 Å². The Morgan fingerprint density at radius 3 is 2.29 bits per heavy atom. The lowest BCUT2D eigenvalue weighted by molar-refractivity contribution is -0.0874. The summed E-state index contributed by atoms with van der Waals surface area (Å²) in [6.07, 6.45) is 0. The summed E-state index contributed by atoms with van der Waals surface area (Å²) < 4.78 is 20.4. The van der Waals surface area contributed by atoms with Crippen LogP contribution >= 0.6 is 0 Å². The van der Waals surface area contributed by atoms with Gasteiger partial charge in [-0.2, -0.15) is 0 Å². The second-order valence-electron chi connectivity index (χ2n) is 11.7. The zero-order valence-electron chi connectivity index (χ0n) is 22.2. The summed E-state index contributed by atoms with van der Waals surface area (Å²) in [4.78, 5) is 9.40. The number of anilines is 1. The summed E-state index contributed by atoms with van der Waals surface area (Å²) in [5.41, 5.74) is 8.45. The van der Waals surface area contributed by atoms with Crippen molar-refractivity contribution in [2.45, 2.75) is 74.1 Å². The Labute approximate surface area is 204 Å². The molecule has 0 aliphatic heterocycles. The third kappa shape index (κ3) is 6.68. The number of ether oxygens (including phenoxy) is 3. The smallest absolute Gasteiger partial charge is 0.152 e. The minimum Gasteiger partial charge on any atom is -0.382 e. The predicted octanol–water partition coefficient (Wildman–Crippen LogP) is 5.59. The number of hydrogen-bond acceptors (Lipinski definition) is 6. The van der Waals surface area contributed by atoms with Crippen molar-refractivity contribution in [1.29, 1.82) is 0 Å². The Morgan fingerprint density at radius 2 is 1.62 bits per heavy atom. The third-order valence-electron chi connectivity index (χ3n) is 5.55. The van der Waals surface area contributed by atoms with Gasteiger partial charge in [0.05, 0.1) is 43.0 Å². The van der Waals surface area contributed by atoms with E-state index in [4.69, 9.17) is 24.9 Å². The first-order chi connectivity index (χ1) is 15.8. The summed E-state index contributed by atoms with van der Waals surface area (Å²) in [6, 6.07) is 8.03. The highest BCUT2D eigenvalue weighted by atomic mass is 16.5. The molecule has 0 unspecified atom stereocenters. The summed E-state index contributed by atoms with van der Waals surface area (Å²) in [5, 5.41) is 1.02. The summed E-state index contributed by atoms with van der Waals surface area (Å²) in [6.45, 7) is 20.7. The third-order valence-corrected chi connectivity index (χ3v) is 5.55. The van der Waals surface area contributed by atoms with Crippen LogP contribution in [0.1, 0.15) is 61.2 Å². The number of rotatable bonds is 11. The lowest BCUT2D eigenvalue weighted by Gasteiger charge is -2.33. The van der Waals surface area contributed by atoms with Gasteiger partial charge >= 0.3 is 0 Å². The highest BCUT2D eigenvalue weighted by molar-refractivity contribution is 6.06. The van der Waals surface area contributed by atoms with Gasteiger partial charge in [-0.3, -0.25) is 0 Å². The number of hydrogen-bond donors (Lipinski definition) is 1. The van der Waals surface area contributed by atoms with Crippen LogP contribution in [0.2, 0.25) is 0 Å². The van der Waals surface area contributed by atoms with E-state index < -0.39 is 5.60 Å². The average Bonchev–Trinajstić information content (AvgIpc) is 3.08. The van der Waals surface area contributed by atoms with Crippen molar-refractivity contribution >= 4 is 27.8 Å². The maximum Gasteiger partial charge on any atom is 0.152 e. The fraction of sp³-hybridized carbons (Fsp3) is 0.630. The van der Waals surface area contributed by atoms with E-state index in [2.05, 4.69) is 64.1 Å². The summed E-state index contributed by atoms with van der Waals surface area (Å²) >= 11 is 0. The minimum absolute atomic E-state index is 0.102. The molecule has 0 saturated heterocycles. The molecule has 188 valence electrons. The number of para-hydroxylation sites is 1. The second-order valence-corrected chi connectivity index (χ2v) is 11.7. The van der Waals surface area contributed by atoms with E-state index in [0.717, 1.165) is 28.9 Å². The van der Waals surface area contributed by atoms with Crippen molar-refractivity contribution in [2.24, 2.45) is 10.8 Å². The summed E-state index contributed by atoms with van der Waals surface area (Å²) in [7, 11) is 0. The number of nitrogens with zero attached hydrogens (tertiary/aromatic N) is 3. The zero-order valence-corrected chi connectivity index (χ0v) is 22.2. The van der Waals surface area contributed by atoms with Crippen molar-refractivity contribution in [3.63, 3.8) is 0 Å². The van der Waals surface area contributed by atoms with Gasteiger partial charge < -0.3 is 24.5 Å². The highest BCUT2D eigenvalue weighted by Gasteiger charge is 2.29. The zero-order chi connectivity index (χ0) is 25.1. The van der Waals surface area contributed by atoms with E-state index in [1.54, 1.807) is 0 Å². The monoisotopic (exact) mass is 470 g/mol. The number of benzene rings is 1. The fourth-order valence-electron chi connectivity index (χ4n) is 3.87. The van der Waals surface area contributed by atoms with Crippen LogP contribution in [0.15, 0.2) is 24.3 Å². The molecule has 0 amide bonds. The Balaban J connectivity index is 1.87. The number of nitrogens with two attached hydrogens (primary N) is 1. The van der Waals surface area contributed by atoms with E-state index >= 15 is 0 Å². The van der Waals surface area contributed by atoms with Crippen LogP contribution in [0.4, 0.5) is 5.82 Å². The van der Waals surface area contributed by atoms with Crippen LogP contribution in [-0.2, 0) is 27.4 Å². The van der Waals surface area contributed by atoms with Gasteiger partial charge in [0.2, 0.25) is 0 Å². The highest BCUT2D eigenvalue weighted by Crippen LogP contribution is 2.31. The number of fused-ring (bicyclic) bond motifs is 3. The average molecular weight is 471 g/mol. The molecule has 2 N–H and O–H groups in total. The topological polar surface area (TPSA) is 84.4 Å². The molecule has 1 aromatic carbocycles. The first-order valence-electron chi connectivity index (χ1n) is 12.1. The van der Waals surface area contributed by atoms with Crippen LogP contribution in [0, 0.1) is 10.8 Å². The molecular weight excluding hydrogens is 428 g/mol. The van der Waals surface area contributed by atoms with Crippen LogP contribution in [-0.4, -0.2) is 46.6 Å². The van der Waals surface area contributed by atoms with E-state index in [1.165, 1.54) is 0 Å². The van der Waals surface area contributed by atoms with Gasteiger partial charge in [0, 0.05) is 17.4 Å². The maximum atomic E-state index is 6.48. The van der Waals surface area contributed by atoms with Crippen LogP contribution in [0.3, 0.4) is 0 Å². The van der Waals surface area contributed by atoms with E-state index in [1.807, 2.05) is 25.1 Å². The van der Waals surface area contributed by atoms with Gasteiger partial charge in [-0.1, -0.05) is 52.8 Å². The number of aromatic nitrogens is 3. The fourth-order valence-corrected chi connectivity index (χ4v) is 3.87. The number of nitrogen functional groups attached to an aromatic ring is 1. The SMILES string of the molecule is CCOCc1nc2c(N)nc3ccccc3c2n1CC(C)(C)OCC(C)(C)COCC(C)(C)C. The molecule has 0 bridgehead atoms. The molecule has 7 heteroatoms. The van der Waals surface area contributed by atoms with Gasteiger partial charge in [0.1, 0.15) is 17.9 Å². The molecule has 0 aliphatic rings. The Bertz CT molecular complexity index is 1110. The van der Waals surface area contributed by atoms with Crippen molar-refractivity contribution in [3.8, 4) is 0 Å². The number of imidazole rings is 1. The molecule has 0 saturated carbocycles. The lowest BCUT2D eigenvalue weighted by Crippen LogP contribution is -2.37. The Morgan fingerprint density at radius 1 is 0.912 bits per heavy atom. The summed E-state index contributed by atoms with van der Waals surface area (Å²) in [5.74, 6) is 1.26. The van der Waals surface area contributed by atoms with Gasteiger partial charge in [0.15, 0.2) is 5.82 Å². The molecule has 0 fully saturated rings. The molecule has 2 aromatic heterocycles. The molecule has 0 spiro atoms.